The normalized spacial score (nSPS) is 23.3. The lowest BCUT2D eigenvalue weighted by Gasteiger charge is -2.47. The molecule has 0 radical (unpaired) electrons. The summed E-state index contributed by atoms with van der Waals surface area (Å²) in [5, 5.41) is 3.69. The third kappa shape index (κ3) is 5.08. The van der Waals surface area contributed by atoms with E-state index in [9.17, 15) is 0 Å². The lowest BCUT2D eigenvalue weighted by atomic mass is 9.80. The summed E-state index contributed by atoms with van der Waals surface area (Å²) in [4.78, 5) is 18.0. The zero-order valence-electron chi connectivity index (χ0n) is 24.3. The molecular weight excluding hydrogens is 470 g/mol. The minimum absolute atomic E-state index is 0.0746. The summed E-state index contributed by atoms with van der Waals surface area (Å²) in [7, 11) is 4.45. The molecule has 7 heteroatoms. The van der Waals surface area contributed by atoms with E-state index in [0.29, 0.717) is 18.1 Å². The summed E-state index contributed by atoms with van der Waals surface area (Å²) in [5.41, 5.74) is 3.54. The molecule has 7 nitrogen and oxygen atoms in total. The molecule has 0 spiro atoms. The minimum Gasteiger partial charge on any atom is -0.356 e. The first-order valence-corrected chi connectivity index (χ1v) is 14.7. The summed E-state index contributed by atoms with van der Waals surface area (Å²) < 4.78 is 2.38. The highest BCUT2D eigenvalue weighted by Gasteiger charge is 2.38. The Kier molecular flexibility index (Phi) is 8.08. The molecule has 0 amide bonds. The summed E-state index contributed by atoms with van der Waals surface area (Å²) in [5.74, 6) is 2.26. The highest BCUT2D eigenvalue weighted by atomic mass is 15.3. The monoisotopic (exact) mass is 517 g/mol. The lowest BCUT2D eigenvalue weighted by Crippen LogP contribution is -2.55. The van der Waals surface area contributed by atoms with Crippen molar-refractivity contribution in [2.75, 3.05) is 45.2 Å². The Balaban J connectivity index is 1.42. The second-order valence-electron chi connectivity index (χ2n) is 11.7. The lowest BCUT2D eigenvalue weighted by molar-refractivity contribution is 0.110. The molecule has 0 unspecified atom stereocenters. The summed E-state index contributed by atoms with van der Waals surface area (Å²) in [6.45, 7) is 14.1. The van der Waals surface area contributed by atoms with Crippen molar-refractivity contribution in [2.24, 2.45) is 0 Å². The van der Waals surface area contributed by atoms with E-state index >= 15 is 0 Å². The number of piperidine rings is 1. The van der Waals surface area contributed by atoms with Gasteiger partial charge in [0.1, 0.15) is 17.2 Å². The van der Waals surface area contributed by atoms with Crippen LogP contribution in [0.4, 0.5) is 5.82 Å². The largest absolute Gasteiger partial charge is 0.356 e. The van der Waals surface area contributed by atoms with E-state index in [-0.39, 0.29) is 5.54 Å². The van der Waals surface area contributed by atoms with Gasteiger partial charge in [-0.25, -0.2) is 9.97 Å². The highest BCUT2D eigenvalue weighted by molar-refractivity contribution is 5.74. The second-order valence-corrected chi connectivity index (χ2v) is 11.7. The number of rotatable bonds is 8. The van der Waals surface area contributed by atoms with E-state index < -0.39 is 0 Å². The van der Waals surface area contributed by atoms with Crippen molar-refractivity contribution >= 4 is 17.0 Å². The summed E-state index contributed by atoms with van der Waals surface area (Å²) in [6.07, 6.45) is 4.43. The highest BCUT2D eigenvalue weighted by Crippen LogP contribution is 2.38. The first-order chi connectivity index (χ1) is 18.4. The van der Waals surface area contributed by atoms with Gasteiger partial charge in [0.25, 0.3) is 0 Å². The van der Waals surface area contributed by atoms with Crippen molar-refractivity contribution in [3.8, 4) is 0 Å². The molecule has 0 bridgehead atoms. The fourth-order valence-corrected chi connectivity index (χ4v) is 6.97. The second kappa shape index (κ2) is 11.3. The van der Waals surface area contributed by atoms with Crippen LogP contribution in [0.5, 0.6) is 0 Å². The van der Waals surface area contributed by atoms with Crippen LogP contribution in [0.2, 0.25) is 0 Å². The van der Waals surface area contributed by atoms with Crippen LogP contribution in [-0.2, 0) is 12.1 Å². The Morgan fingerprint density at radius 3 is 2.26 bits per heavy atom. The first-order valence-electron chi connectivity index (χ1n) is 14.7. The maximum absolute atomic E-state index is 5.26. The average Bonchev–Trinajstić information content (AvgIpc) is 3.29. The minimum atomic E-state index is 0.0746. The Hall–Kier alpha value is -2.48. The Bertz CT molecular complexity index is 1190. The van der Waals surface area contributed by atoms with Crippen LogP contribution >= 0.6 is 0 Å². The van der Waals surface area contributed by atoms with Gasteiger partial charge in [-0.15, -0.1) is 0 Å². The zero-order valence-corrected chi connectivity index (χ0v) is 24.3. The van der Waals surface area contributed by atoms with Crippen molar-refractivity contribution in [2.45, 2.75) is 83.6 Å². The number of benzene rings is 1. The van der Waals surface area contributed by atoms with Gasteiger partial charge in [0, 0.05) is 50.3 Å². The van der Waals surface area contributed by atoms with Crippen LogP contribution in [0, 0.1) is 0 Å². The first kappa shape index (κ1) is 27.1. The fraction of sp³-hybridized carbons (Fsp3) is 0.613. The van der Waals surface area contributed by atoms with E-state index in [4.69, 9.17) is 9.97 Å². The number of nitrogens with zero attached hydrogens (tertiary/aromatic N) is 6. The molecule has 2 aliphatic heterocycles. The smallest absolute Gasteiger partial charge is 0.162 e. The maximum Gasteiger partial charge on any atom is 0.162 e. The number of nitrogens with one attached hydrogen (secondary N) is 1. The molecule has 1 aromatic carbocycles. The number of piperazine rings is 1. The standard InChI is InChI=1S/C31H47N7/c1-7-12-27(37-21-23(3)32-24(4)22-37)30-33-26-15-16-28(34-29(26)38(30)8-2)36-19-17-31(18-20-36,35(5)6)25-13-10-9-11-14-25/h9-11,13-16,23-24,27,32H,7-8,12,17-22H2,1-6H3/t23-,24+,27-/m1/s1. The maximum atomic E-state index is 5.26. The molecule has 4 heterocycles. The number of imidazole rings is 1. The average molecular weight is 518 g/mol. The molecule has 5 rings (SSSR count). The number of hydrogen-bond acceptors (Lipinski definition) is 6. The Morgan fingerprint density at radius 1 is 0.974 bits per heavy atom. The Morgan fingerprint density at radius 2 is 1.66 bits per heavy atom. The van der Waals surface area contributed by atoms with Crippen molar-refractivity contribution in [3.05, 3.63) is 53.9 Å². The number of anilines is 1. The van der Waals surface area contributed by atoms with E-state index in [0.717, 1.165) is 75.4 Å². The van der Waals surface area contributed by atoms with Crippen molar-refractivity contribution in [3.63, 3.8) is 0 Å². The fourth-order valence-electron chi connectivity index (χ4n) is 6.97. The topological polar surface area (TPSA) is 52.5 Å². The quantitative estimate of drug-likeness (QED) is 0.452. The van der Waals surface area contributed by atoms with Gasteiger partial charge in [-0.3, -0.25) is 9.80 Å². The number of pyridine rings is 1. The third-order valence-corrected chi connectivity index (χ3v) is 8.89. The zero-order chi connectivity index (χ0) is 26.9. The van der Waals surface area contributed by atoms with Gasteiger partial charge in [0.15, 0.2) is 5.65 Å². The molecule has 0 saturated carbocycles. The van der Waals surface area contributed by atoms with Gasteiger partial charge >= 0.3 is 0 Å². The van der Waals surface area contributed by atoms with Gasteiger partial charge in [0.05, 0.1) is 6.04 Å². The van der Waals surface area contributed by atoms with Crippen LogP contribution in [0.3, 0.4) is 0 Å². The van der Waals surface area contributed by atoms with Gasteiger partial charge in [0.2, 0.25) is 0 Å². The summed E-state index contributed by atoms with van der Waals surface area (Å²) >= 11 is 0. The van der Waals surface area contributed by atoms with Crippen molar-refractivity contribution in [1.82, 2.24) is 29.7 Å². The molecular formula is C31H47N7. The summed E-state index contributed by atoms with van der Waals surface area (Å²) in [6, 6.07) is 16.7. The van der Waals surface area contributed by atoms with E-state index in [2.05, 4.69) is 109 Å². The predicted molar refractivity (Wildman–Crippen MR) is 158 cm³/mol. The molecule has 2 fully saturated rings. The van der Waals surface area contributed by atoms with Crippen LogP contribution < -0.4 is 10.2 Å². The molecule has 1 N–H and O–H groups in total. The van der Waals surface area contributed by atoms with Crippen molar-refractivity contribution < 1.29 is 0 Å². The van der Waals surface area contributed by atoms with Crippen LogP contribution in [0.1, 0.15) is 70.8 Å². The molecule has 2 aromatic heterocycles. The van der Waals surface area contributed by atoms with E-state index in [1.165, 1.54) is 11.4 Å². The van der Waals surface area contributed by atoms with Crippen LogP contribution in [-0.4, -0.2) is 76.7 Å². The number of fused-ring (bicyclic) bond motifs is 1. The van der Waals surface area contributed by atoms with Gasteiger partial charge in [-0.05, 0) is 71.8 Å². The third-order valence-electron chi connectivity index (χ3n) is 8.89. The number of aryl methyl sites for hydroxylation is 1. The molecule has 3 atom stereocenters. The molecule has 0 aliphatic carbocycles. The van der Waals surface area contributed by atoms with Crippen LogP contribution in [0.15, 0.2) is 42.5 Å². The van der Waals surface area contributed by atoms with Crippen LogP contribution in [0.25, 0.3) is 11.2 Å². The number of hydrogen-bond donors (Lipinski definition) is 1. The molecule has 2 aliphatic rings. The van der Waals surface area contributed by atoms with Crippen molar-refractivity contribution in [1.29, 1.82) is 0 Å². The van der Waals surface area contributed by atoms with E-state index in [1.54, 1.807) is 0 Å². The molecule has 2 saturated heterocycles. The molecule has 38 heavy (non-hydrogen) atoms. The van der Waals surface area contributed by atoms with Gasteiger partial charge in [-0.1, -0.05) is 43.7 Å². The molecule has 206 valence electrons. The SMILES string of the molecule is CCC[C@H](c1nc2ccc(N3CCC(c4ccccc4)(N(C)C)CC3)nc2n1CC)N1C[C@@H](C)N[C@@H](C)C1. The molecule has 3 aromatic rings. The van der Waals surface area contributed by atoms with E-state index in [1.807, 2.05) is 0 Å². The number of aromatic nitrogens is 3. The van der Waals surface area contributed by atoms with Gasteiger partial charge < -0.3 is 14.8 Å². The predicted octanol–water partition coefficient (Wildman–Crippen LogP) is 5.03. The Labute approximate surface area is 229 Å². The van der Waals surface area contributed by atoms with Gasteiger partial charge in [-0.2, -0.15) is 0 Å².